The summed E-state index contributed by atoms with van der Waals surface area (Å²) in [4.78, 5) is 0. The molecule has 0 aromatic carbocycles. The van der Waals surface area contributed by atoms with Crippen LogP contribution >= 0.6 is 11.8 Å². The van der Waals surface area contributed by atoms with Gasteiger partial charge in [0.25, 0.3) is 0 Å². The van der Waals surface area contributed by atoms with E-state index in [0.29, 0.717) is 12.1 Å². The van der Waals surface area contributed by atoms with Gasteiger partial charge in [-0.15, -0.1) is 0 Å². The van der Waals surface area contributed by atoms with E-state index in [1.54, 1.807) is 0 Å². The lowest BCUT2D eigenvalue weighted by atomic mass is 10.1. The van der Waals surface area contributed by atoms with Crippen LogP contribution in [-0.2, 0) is 4.74 Å². The van der Waals surface area contributed by atoms with E-state index in [-0.39, 0.29) is 0 Å². The normalized spacial score (nSPS) is 24.0. The lowest BCUT2D eigenvalue weighted by Gasteiger charge is -2.26. The first-order valence-electron chi connectivity index (χ1n) is 5.86. The van der Waals surface area contributed by atoms with E-state index in [2.05, 4.69) is 23.8 Å². The van der Waals surface area contributed by atoms with E-state index < -0.39 is 0 Å². The van der Waals surface area contributed by atoms with Gasteiger partial charge in [0.2, 0.25) is 0 Å². The third kappa shape index (κ3) is 6.40. The molecule has 1 fully saturated rings. The van der Waals surface area contributed by atoms with Crippen molar-refractivity contribution in [1.29, 1.82) is 0 Å². The van der Waals surface area contributed by atoms with E-state index >= 15 is 0 Å². The van der Waals surface area contributed by atoms with Crippen LogP contribution in [-0.4, -0.2) is 50.4 Å². The Hall–Kier alpha value is 0.230. The molecule has 0 spiro atoms. The molecule has 4 heteroatoms. The van der Waals surface area contributed by atoms with Crippen LogP contribution in [0, 0.1) is 0 Å². The van der Waals surface area contributed by atoms with Crippen LogP contribution in [0.4, 0.5) is 0 Å². The van der Waals surface area contributed by atoms with Gasteiger partial charge in [0.15, 0.2) is 0 Å². The maximum atomic E-state index is 5.43. The Morgan fingerprint density at radius 1 is 1.60 bits per heavy atom. The van der Waals surface area contributed by atoms with Gasteiger partial charge in [-0.05, 0) is 38.3 Å². The second-order valence-corrected chi connectivity index (χ2v) is 5.15. The summed E-state index contributed by atoms with van der Waals surface area (Å²) in [5, 5.41) is 7.04. The molecule has 1 heterocycles. The average molecular weight is 232 g/mol. The SMILES string of the molecule is CSCCCNC(C)CC1COCCN1. The van der Waals surface area contributed by atoms with E-state index in [4.69, 9.17) is 4.74 Å². The minimum absolute atomic E-state index is 0.543. The maximum absolute atomic E-state index is 5.43. The van der Waals surface area contributed by atoms with Crippen molar-refractivity contribution in [3.8, 4) is 0 Å². The van der Waals surface area contributed by atoms with Gasteiger partial charge in [0, 0.05) is 18.6 Å². The first-order valence-corrected chi connectivity index (χ1v) is 7.25. The Morgan fingerprint density at radius 3 is 3.13 bits per heavy atom. The summed E-state index contributed by atoms with van der Waals surface area (Å²) in [6, 6.07) is 1.13. The Kier molecular flexibility index (Phi) is 7.44. The molecule has 1 aliphatic heterocycles. The minimum Gasteiger partial charge on any atom is -0.379 e. The van der Waals surface area contributed by atoms with Crippen LogP contribution in [0.2, 0.25) is 0 Å². The highest BCUT2D eigenvalue weighted by Crippen LogP contribution is 2.02. The van der Waals surface area contributed by atoms with Gasteiger partial charge in [-0.1, -0.05) is 0 Å². The van der Waals surface area contributed by atoms with Crippen LogP contribution in [0.25, 0.3) is 0 Å². The smallest absolute Gasteiger partial charge is 0.0620 e. The van der Waals surface area contributed by atoms with Crippen molar-refractivity contribution in [3.63, 3.8) is 0 Å². The summed E-state index contributed by atoms with van der Waals surface area (Å²) in [6.45, 7) is 6.14. The van der Waals surface area contributed by atoms with Crippen LogP contribution in [0.5, 0.6) is 0 Å². The number of thioether (sulfide) groups is 1. The van der Waals surface area contributed by atoms with Crippen molar-refractivity contribution in [3.05, 3.63) is 0 Å². The standard InChI is InChI=1S/C11H24N2OS/c1-10(12-4-3-7-15-2)8-11-9-14-6-5-13-11/h10-13H,3-9H2,1-2H3. The summed E-state index contributed by atoms with van der Waals surface area (Å²) in [5.74, 6) is 1.25. The number of rotatable bonds is 7. The van der Waals surface area contributed by atoms with Crippen LogP contribution < -0.4 is 10.6 Å². The zero-order valence-electron chi connectivity index (χ0n) is 9.92. The molecule has 0 amide bonds. The fourth-order valence-corrected chi connectivity index (χ4v) is 2.28. The molecule has 2 atom stereocenters. The molecule has 1 aliphatic rings. The van der Waals surface area contributed by atoms with Crippen molar-refractivity contribution >= 4 is 11.8 Å². The highest BCUT2D eigenvalue weighted by Gasteiger charge is 2.15. The Labute approximate surface area is 97.7 Å². The van der Waals surface area contributed by atoms with Crippen molar-refractivity contribution in [2.45, 2.75) is 31.8 Å². The molecule has 1 saturated heterocycles. The zero-order chi connectivity index (χ0) is 10.9. The second kappa shape index (κ2) is 8.39. The number of hydrogen-bond donors (Lipinski definition) is 2. The molecular formula is C11H24N2OS. The fourth-order valence-electron chi connectivity index (χ4n) is 1.85. The van der Waals surface area contributed by atoms with E-state index in [0.717, 1.165) is 26.3 Å². The predicted octanol–water partition coefficient (Wildman–Crippen LogP) is 1.10. The Morgan fingerprint density at radius 2 is 2.47 bits per heavy atom. The minimum atomic E-state index is 0.543. The van der Waals surface area contributed by atoms with Crippen LogP contribution in [0.1, 0.15) is 19.8 Å². The molecule has 0 aromatic rings. The summed E-state index contributed by atoms with van der Waals surface area (Å²) >= 11 is 1.92. The third-order valence-electron chi connectivity index (χ3n) is 2.65. The molecular weight excluding hydrogens is 208 g/mol. The van der Waals surface area contributed by atoms with Crippen LogP contribution in [0.15, 0.2) is 0 Å². The zero-order valence-corrected chi connectivity index (χ0v) is 10.7. The van der Waals surface area contributed by atoms with Gasteiger partial charge in [-0.25, -0.2) is 0 Å². The molecule has 1 rings (SSSR count). The number of morpholine rings is 1. The van der Waals surface area contributed by atoms with E-state index in [9.17, 15) is 0 Å². The van der Waals surface area contributed by atoms with Gasteiger partial charge >= 0.3 is 0 Å². The Bertz CT molecular complexity index is 152. The molecule has 15 heavy (non-hydrogen) atoms. The van der Waals surface area contributed by atoms with Gasteiger partial charge in [-0.2, -0.15) is 11.8 Å². The lowest BCUT2D eigenvalue weighted by molar-refractivity contribution is 0.0713. The summed E-state index contributed by atoms with van der Waals surface area (Å²) in [5.41, 5.74) is 0. The van der Waals surface area contributed by atoms with Gasteiger partial charge < -0.3 is 15.4 Å². The van der Waals surface area contributed by atoms with E-state index in [1.807, 2.05) is 11.8 Å². The third-order valence-corrected chi connectivity index (χ3v) is 3.35. The molecule has 3 nitrogen and oxygen atoms in total. The molecule has 90 valence electrons. The van der Waals surface area contributed by atoms with Crippen molar-refractivity contribution < 1.29 is 4.74 Å². The maximum Gasteiger partial charge on any atom is 0.0620 e. The monoisotopic (exact) mass is 232 g/mol. The predicted molar refractivity (Wildman–Crippen MR) is 67.7 cm³/mol. The molecule has 0 aromatic heterocycles. The van der Waals surface area contributed by atoms with Gasteiger partial charge in [0.1, 0.15) is 0 Å². The summed E-state index contributed by atoms with van der Waals surface area (Å²) in [7, 11) is 0. The number of hydrogen-bond acceptors (Lipinski definition) is 4. The topological polar surface area (TPSA) is 33.3 Å². The highest BCUT2D eigenvalue weighted by atomic mass is 32.2. The molecule has 0 bridgehead atoms. The number of ether oxygens (including phenoxy) is 1. The molecule has 2 unspecified atom stereocenters. The molecule has 0 saturated carbocycles. The largest absolute Gasteiger partial charge is 0.379 e. The summed E-state index contributed by atoms with van der Waals surface area (Å²) in [6.07, 6.45) is 4.59. The van der Waals surface area contributed by atoms with Crippen molar-refractivity contribution in [2.75, 3.05) is 38.3 Å². The highest BCUT2D eigenvalue weighted by molar-refractivity contribution is 7.98. The fraction of sp³-hybridized carbons (Fsp3) is 1.00. The molecule has 0 radical (unpaired) electrons. The molecule has 2 N–H and O–H groups in total. The average Bonchev–Trinajstić information content (AvgIpc) is 2.26. The molecule has 0 aliphatic carbocycles. The van der Waals surface area contributed by atoms with Gasteiger partial charge in [-0.3, -0.25) is 0 Å². The van der Waals surface area contributed by atoms with Crippen molar-refractivity contribution in [1.82, 2.24) is 10.6 Å². The van der Waals surface area contributed by atoms with Crippen molar-refractivity contribution in [2.24, 2.45) is 0 Å². The first-order chi connectivity index (χ1) is 7.33. The quantitative estimate of drug-likeness (QED) is 0.644. The Balaban J connectivity index is 1.98. The number of nitrogens with one attached hydrogen (secondary N) is 2. The van der Waals surface area contributed by atoms with E-state index in [1.165, 1.54) is 18.6 Å². The summed E-state index contributed by atoms with van der Waals surface area (Å²) < 4.78 is 5.43. The first kappa shape index (κ1) is 13.3. The lowest BCUT2D eigenvalue weighted by Crippen LogP contribution is -2.45. The van der Waals surface area contributed by atoms with Gasteiger partial charge in [0.05, 0.1) is 13.2 Å². The van der Waals surface area contributed by atoms with Crippen LogP contribution in [0.3, 0.4) is 0 Å². The second-order valence-electron chi connectivity index (χ2n) is 4.16.